The zero-order valence-electron chi connectivity index (χ0n) is 12.0. The van der Waals surface area contributed by atoms with Crippen molar-refractivity contribution in [1.82, 2.24) is 4.90 Å². The molecule has 3 heteroatoms. The van der Waals surface area contributed by atoms with E-state index >= 15 is 0 Å². The summed E-state index contributed by atoms with van der Waals surface area (Å²) in [5, 5.41) is 0. The second-order valence-corrected chi connectivity index (χ2v) is 6.62. The molecule has 18 heavy (non-hydrogen) atoms. The van der Waals surface area contributed by atoms with Gasteiger partial charge in [-0.3, -0.25) is 4.79 Å². The van der Waals surface area contributed by atoms with Gasteiger partial charge in [0.25, 0.3) is 0 Å². The van der Waals surface area contributed by atoms with Crippen molar-refractivity contribution in [1.29, 1.82) is 0 Å². The number of hydrogen-bond acceptors (Lipinski definition) is 2. The zero-order chi connectivity index (χ0) is 13.2. The van der Waals surface area contributed by atoms with E-state index in [1.807, 2.05) is 18.7 Å². The van der Waals surface area contributed by atoms with Crippen LogP contribution in [0.5, 0.6) is 0 Å². The Bertz CT molecular complexity index is 296. The van der Waals surface area contributed by atoms with Gasteiger partial charge in [0.2, 0.25) is 5.91 Å². The van der Waals surface area contributed by atoms with Gasteiger partial charge >= 0.3 is 0 Å². The molecule has 0 aromatic rings. The van der Waals surface area contributed by atoms with E-state index in [-0.39, 0.29) is 5.91 Å². The Kier molecular flexibility index (Phi) is 4.00. The number of carbonyl (C=O) groups is 1. The molecule has 3 nitrogen and oxygen atoms in total. The molecule has 1 aliphatic heterocycles. The SMILES string of the molecule is CCC(C)(N)C(=O)N1CCC2(CCCCC2)CC1. The van der Waals surface area contributed by atoms with Gasteiger partial charge in [-0.25, -0.2) is 0 Å². The summed E-state index contributed by atoms with van der Waals surface area (Å²) in [6, 6.07) is 0. The topological polar surface area (TPSA) is 46.3 Å². The van der Waals surface area contributed by atoms with Crippen molar-refractivity contribution in [2.75, 3.05) is 13.1 Å². The molecule has 1 heterocycles. The summed E-state index contributed by atoms with van der Waals surface area (Å²) in [4.78, 5) is 14.3. The van der Waals surface area contributed by atoms with Gasteiger partial charge in [0, 0.05) is 13.1 Å². The van der Waals surface area contributed by atoms with Gasteiger partial charge < -0.3 is 10.6 Å². The molecule has 1 atom stereocenters. The van der Waals surface area contributed by atoms with Gasteiger partial charge in [-0.2, -0.15) is 0 Å². The molecule has 1 unspecified atom stereocenters. The van der Waals surface area contributed by atoms with Crippen LogP contribution in [-0.4, -0.2) is 29.4 Å². The minimum atomic E-state index is -0.670. The highest BCUT2D eigenvalue weighted by atomic mass is 16.2. The second-order valence-electron chi connectivity index (χ2n) is 6.62. The molecule has 0 aromatic carbocycles. The Morgan fingerprint density at radius 2 is 1.72 bits per heavy atom. The molecule has 2 aliphatic rings. The van der Waals surface area contributed by atoms with Crippen molar-refractivity contribution in [2.24, 2.45) is 11.1 Å². The molecule has 1 aliphatic carbocycles. The number of amides is 1. The number of hydrogen-bond donors (Lipinski definition) is 1. The number of nitrogens with two attached hydrogens (primary N) is 1. The van der Waals surface area contributed by atoms with Crippen LogP contribution in [0.2, 0.25) is 0 Å². The fourth-order valence-electron chi connectivity index (χ4n) is 3.50. The van der Waals surface area contributed by atoms with E-state index in [9.17, 15) is 4.79 Å². The van der Waals surface area contributed by atoms with E-state index in [2.05, 4.69) is 0 Å². The van der Waals surface area contributed by atoms with Crippen LogP contribution in [0.15, 0.2) is 0 Å². The molecular weight excluding hydrogens is 224 g/mol. The average Bonchev–Trinajstić information content (AvgIpc) is 2.40. The van der Waals surface area contributed by atoms with Gasteiger partial charge in [-0.05, 0) is 44.4 Å². The third-order valence-electron chi connectivity index (χ3n) is 5.25. The molecule has 104 valence electrons. The second kappa shape index (κ2) is 5.20. The van der Waals surface area contributed by atoms with E-state index in [4.69, 9.17) is 5.73 Å². The number of nitrogens with zero attached hydrogens (tertiary/aromatic N) is 1. The number of piperidine rings is 1. The lowest BCUT2D eigenvalue weighted by Gasteiger charge is -2.45. The Labute approximate surface area is 111 Å². The third-order valence-corrected chi connectivity index (χ3v) is 5.25. The summed E-state index contributed by atoms with van der Waals surface area (Å²) in [7, 11) is 0. The van der Waals surface area contributed by atoms with Gasteiger partial charge in [0.05, 0.1) is 5.54 Å². The minimum absolute atomic E-state index is 0.149. The predicted molar refractivity (Wildman–Crippen MR) is 74.2 cm³/mol. The fraction of sp³-hybridized carbons (Fsp3) is 0.933. The van der Waals surface area contributed by atoms with Crippen molar-refractivity contribution in [2.45, 2.75) is 70.8 Å². The lowest BCUT2D eigenvalue weighted by molar-refractivity contribution is -0.139. The highest BCUT2D eigenvalue weighted by Crippen LogP contribution is 2.44. The van der Waals surface area contributed by atoms with E-state index in [1.54, 1.807) is 0 Å². The van der Waals surface area contributed by atoms with Gasteiger partial charge in [0.15, 0.2) is 0 Å². The van der Waals surface area contributed by atoms with Crippen molar-refractivity contribution < 1.29 is 4.79 Å². The summed E-state index contributed by atoms with van der Waals surface area (Å²) in [5.41, 5.74) is 5.96. The molecule has 1 amide bonds. The third kappa shape index (κ3) is 2.71. The standard InChI is InChI=1S/C15H28N2O/c1-3-14(2,16)13(18)17-11-9-15(10-12-17)7-5-4-6-8-15/h3-12,16H2,1-2H3. The minimum Gasteiger partial charge on any atom is -0.341 e. The lowest BCUT2D eigenvalue weighted by Crippen LogP contribution is -2.55. The van der Waals surface area contributed by atoms with Crippen LogP contribution in [-0.2, 0) is 4.79 Å². The summed E-state index contributed by atoms with van der Waals surface area (Å²) < 4.78 is 0. The van der Waals surface area contributed by atoms with Gasteiger partial charge in [0.1, 0.15) is 0 Å². The van der Waals surface area contributed by atoms with Crippen LogP contribution < -0.4 is 5.73 Å². The monoisotopic (exact) mass is 252 g/mol. The summed E-state index contributed by atoms with van der Waals surface area (Å²) in [6.45, 7) is 5.70. The fourth-order valence-corrected chi connectivity index (χ4v) is 3.50. The predicted octanol–water partition coefficient (Wildman–Crippen LogP) is 2.69. The molecule has 0 aromatic heterocycles. The van der Waals surface area contributed by atoms with Gasteiger partial charge in [-0.1, -0.05) is 26.2 Å². The van der Waals surface area contributed by atoms with Crippen molar-refractivity contribution >= 4 is 5.91 Å². The molecule has 2 rings (SSSR count). The quantitative estimate of drug-likeness (QED) is 0.821. The first-order valence-corrected chi connectivity index (χ1v) is 7.57. The molecule has 1 saturated heterocycles. The Morgan fingerprint density at radius 3 is 2.22 bits per heavy atom. The van der Waals surface area contributed by atoms with Crippen molar-refractivity contribution in [3.05, 3.63) is 0 Å². The molecule has 0 bridgehead atoms. The smallest absolute Gasteiger partial charge is 0.242 e. The Hall–Kier alpha value is -0.570. The first-order valence-electron chi connectivity index (χ1n) is 7.57. The highest BCUT2D eigenvalue weighted by molar-refractivity contribution is 5.85. The number of carbonyl (C=O) groups excluding carboxylic acids is 1. The summed E-state index contributed by atoms with van der Waals surface area (Å²) in [5.74, 6) is 0.149. The largest absolute Gasteiger partial charge is 0.341 e. The van der Waals surface area contributed by atoms with E-state index in [0.29, 0.717) is 11.8 Å². The molecule has 0 radical (unpaired) electrons. The van der Waals surface area contributed by atoms with E-state index < -0.39 is 5.54 Å². The maximum atomic E-state index is 12.3. The lowest BCUT2D eigenvalue weighted by atomic mass is 9.68. The summed E-state index contributed by atoms with van der Waals surface area (Å²) in [6.07, 6.45) is 10.0. The number of likely N-dealkylation sites (tertiary alicyclic amines) is 1. The van der Waals surface area contributed by atoms with E-state index in [0.717, 1.165) is 13.1 Å². The van der Waals surface area contributed by atoms with Crippen LogP contribution in [0.3, 0.4) is 0 Å². The molecular formula is C15H28N2O. The number of rotatable bonds is 2. The van der Waals surface area contributed by atoms with Gasteiger partial charge in [-0.15, -0.1) is 0 Å². The molecule has 1 saturated carbocycles. The Balaban J connectivity index is 1.92. The van der Waals surface area contributed by atoms with Crippen LogP contribution >= 0.6 is 0 Å². The average molecular weight is 252 g/mol. The molecule has 1 spiro atoms. The summed E-state index contributed by atoms with van der Waals surface area (Å²) >= 11 is 0. The zero-order valence-corrected chi connectivity index (χ0v) is 12.0. The highest BCUT2D eigenvalue weighted by Gasteiger charge is 2.39. The normalized spacial score (nSPS) is 26.9. The van der Waals surface area contributed by atoms with Crippen LogP contribution in [0.4, 0.5) is 0 Å². The van der Waals surface area contributed by atoms with Crippen molar-refractivity contribution in [3.8, 4) is 0 Å². The van der Waals surface area contributed by atoms with Crippen LogP contribution in [0.25, 0.3) is 0 Å². The maximum absolute atomic E-state index is 12.3. The van der Waals surface area contributed by atoms with Crippen molar-refractivity contribution in [3.63, 3.8) is 0 Å². The first-order chi connectivity index (χ1) is 8.49. The molecule has 2 N–H and O–H groups in total. The van der Waals surface area contributed by atoms with Crippen LogP contribution in [0, 0.1) is 5.41 Å². The first kappa shape index (κ1) is 13.9. The Morgan fingerprint density at radius 1 is 1.17 bits per heavy atom. The maximum Gasteiger partial charge on any atom is 0.242 e. The molecule has 2 fully saturated rings. The van der Waals surface area contributed by atoms with E-state index in [1.165, 1.54) is 44.9 Å². The van der Waals surface area contributed by atoms with Crippen LogP contribution in [0.1, 0.15) is 65.2 Å².